The van der Waals surface area contributed by atoms with Crippen LogP contribution >= 0.6 is 0 Å². The van der Waals surface area contributed by atoms with E-state index < -0.39 is 0 Å². The lowest BCUT2D eigenvalue weighted by molar-refractivity contribution is 1.66. The number of hydrogen-bond acceptors (Lipinski definition) is 0. The van der Waals surface area contributed by atoms with Crippen LogP contribution in [0.5, 0.6) is 0 Å². The standard InChI is InChI=1S/C34H20/c1-2-10-24-22(8-1)16-17-30-31(27-13-5-6-14-29(27)34(24)30)19-21-18-23-9-7-15-28-25-11-3-4-12-26(25)32(20-21)33(23)28/h1-20H. The van der Waals surface area contributed by atoms with Crippen LogP contribution in [0.4, 0.5) is 0 Å². The van der Waals surface area contributed by atoms with Crippen LogP contribution in [0.25, 0.3) is 66.6 Å². The van der Waals surface area contributed by atoms with Crippen molar-refractivity contribution in [1.29, 1.82) is 0 Å². The maximum Gasteiger partial charge on any atom is -0.00204 e. The minimum Gasteiger partial charge on any atom is -0.0616 e. The summed E-state index contributed by atoms with van der Waals surface area (Å²) in [6, 6.07) is 42.4. The SMILES string of the molecule is C(=C1c2ccccc2-c2c1ccc1ccccc21)c1cc2c3c(cccc3c1)-c1ccccc1-2. The highest BCUT2D eigenvalue weighted by atomic mass is 14.3. The van der Waals surface area contributed by atoms with E-state index in [1.807, 2.05) is 0 Å². The number of rotatable bonds is 1. The molecule has 6 aromatic carbocycles. The molecule has 0 heteroatoms. The van der Waals surface area contributed by atoms with Gasteiger partial charge in [-0.15, -0.1) is 0 Å². The van der Waals surface area contributed by atoms with E-state index in [9.17, 15) is 0 Å². The van der Waals surface area contributed by atoms with Gasteiger partial charge in [0.1, 0.15) is 0 Å². The third-order valence-corrected chi connectivity index (χ3v) is 7.52. The molecule has 0 bridgehead atoms. The molecule has 34 heavy (non-hydrogen) atoms. The van der Waals surface area contributed by atoms with E-state index in [1.165, 1.54) is 77.2 Å². The van der Waals surface area contributed by atoms with Gasteiger partial charge in [-0.25, -0.2) is 0 Å². The van der Waals surface area contributed by atoms with Gasteiger partial charge >= 0.3 is 0 Å². The lowest BCUT2D eigenvalue weighted by Crippen LogP contribution is -1.85. The molecule has 0 N–H and O–H groups in total. The third kappa shape index (κ3) is 2.32. The first kappa shape index (κ1) is 18.1. The van der Waals surface area contributed by atoms with Gasteiger partial charge in [0, 0.05) is 0 Å². The van der Waals surface area contributed by atoms with E-state index in [0.717, 1.165) is 0 Å². The Morgan fingerprint density at radius 2 is 1.09 bits per heavy atom. The van der Waals surface area contributed by atoms with Crippen LogP contribution in [-0.2, 0) is 0 Å². The molecule has 0 atom stereocenters. The summed E-state index contributed by atoms with van der Waals surface area (Å²) in [6.45, 7) is 0. The van der Waals surface area contributed by atoms with Crippen molar-refractivity contribution in [3.63, 3.8) is 0 Å². The van der Waals surface area contributed by atoms with E-state index in [0.29, 0.717) is 0 Å². The van der Waals surface area contributed by atoms with Crippen molar-refractivity contribution in [3.8, 4) is 33.4 Å². The van der Waals surface area contributed by atoms with Crippen molar-refractivity contribution >= 4 is 33.2 Å². The summed E-state index contributed by atoms with van der Waals surface area (Å²) in [6.07, 6.45) is 2.39. The topological polar surface area (TPSA) is 0 Å². The zero-order valence-electron chi connectivity index (χ0n) is 18.5. The van der Waals surface area contributed by atoms with Gasteiger partial charge in [0.25, 0.3) is 0 Å². The summed E-state index contributed by atoms with van der Waals surface area (Å²) < 4.78 is 0. The minimum atomic E-state index is 1.25. The molecule has 0 nitrogen and oxygen atoms in total. The molecule has 6 aromatic rings. The molecule has 0 aliphatic heterocycles. The van der Waals surface area contributed by atoms with Gasteiger partial charge in [-0.3, -0.25) is 0 Å². The van der Waals surface area contributed by atoms with Crippen molar-refractivity contribution < 1.29 is 0 Å². The molecule has 0 saturated carbocycles. The normalized spacial score (nSPS) is 13.9. The van der Waals surface area contributed by atoms with E-state index in [1.54, 1.807) is 0 Å². The molecule has 0 saturated heterocycles. The fraction of sp³-hybridized carbons (Fsp3) is 0. The van der Waals surface area contributed by atoms with Crippen LogP contribution < -0.4 is 0 Å². The van der Waals surface area contributed by atoms with Gasteiger partial charge in [0.05, 0.1) is 0 Å². The van der Waals surface area contributed by atoms with E-state index in [-0.39, 0.29) is 0 Å². The zero-order valence-corrected chi connectivity index (χ0v) is 18.5. The number of hydrogen-bond donors (Lipinski definition) is 0. The highest BCUT2D eigenvalue weighted by molar-refractivity contribution is 6.18. The highest BCUT2D eigenvalue weighted by Crippen LogP contribution is 2.50. The van der Waals surface area contributed by atoms with Crippen LogP contribution in [0.1, 0.15) is 16.7 Å². The Labute approximate surface area is 198 Å². The average Bonchev–Trinajstić information content (AvgIpc) is 3.39. The van der Waals surface area contributed by atoms with Crippen molar-refractivity contribution in [2.45, 2.75) is 0 Å². The summed E-state index contributed by atoms with van der Waals surface area (Å²) in [5, 5.41) is 5.30. The predicted molar refractivity (Wildman–Crippen MR) is 145 cm³/mol. The Kier molecular flexibility index (Phi) is 3.48. The van der Waals surface area contributed by atoms with E-state index in [4.69, 9.17) is 0 Å². The second kappa shape index (κ2) is 6.56. The van der Waals surface area contributed by atoms with Gasteiger partial charge in [0.15, 0.2) is 0 Å². The molecule has 0 amide bonds. The molecule has 8 rings (SSSR count). The molecule has 0 fully saturated rings. The molecule has 0 aromatic heterocycles. The van der Waals surface area contributed by atoms with Crippen LogP contribution in [0.2, 0.25) is 0 Å². The van der Waals surface area contributed by atoms with Gasteiger partial charge in [0.2, 0.25) is 0 Å². The fourth-order valence-corrected chi connectivity index (χ4v) is 6.11. The maximum absolute atomic E-state index is 2.39. The van der Waals surface area contributed by atoms with Crippen LogP contribution in [-0.4, -0.2) is 0 Å². The summed E-state index contributed by atoms with van der Waals surface area (Å²) in [5.74, 6) is 0. The Hall–Kier alpha value is -4.42. The Morgan fingerprint density at radius 3 is 1.97 bits per heavy atom. The van der Waals surface area contributed by atoms with E-state index in [2.05, 4.69) is 121 Å². The zero-order chi connectivity index (χ0) is 22.2. The molecular weight excluding hydrogens is 408 g/mol. The molecule has 0 unspecified atom stereocenters. The highest BCUT2D eigenvalue weighted by Gasteiger charge is 2.26. The Morgan fingerprint density at radius 1 is 0.412 bits per heavy atom. The summed E-state index contributed by atoms with van der Waals surface area (Å²) in [5.41, 5.74) is 13.3. The van der Waals surface area contributed by atoms with Crippen molar-refractivity contribution in [3.05, 3.63) is 132 Å². The summed E-state index contributed by atoms with van der Waals surface area (Å²) >= 11 is 0. The van der Waals surface area contributed by atoms with Crippen molar-refractivity contribution in [2.75, 3.05) is 0 Å². The Bertz CT molecular complexity index is 1850. The molecule has 2 aliphatic rings. The molecule has 2 aliphatic carbocycles. The average molecular weight is 429 g/mol. The molecule has 0 radical (unpaired) electrons. The summed E-state index contributed by atoms with van der Waals surface area (Å²) in [4.78, 5) is 0. The largest absolute Gasteiger partial charge is 0.0616 e. The first-order valence-corrected chi connectivity index (χ1v) is 11.9. The minimum absolute atomic E-state index is 1.25. The second-order valence-electron chi connectivity index (χ2n) is 9.33. The van der Waals surface area contributed by atoms with Crippen molar-refractivity contribution in [2.24, 2.45) is 0 Å². The number of benzene rings is 6. The van der Waals surface area contributed by atoms with Gasteiger partial charge < -0.3 is 0 Å². The smallest absolute Gasteiger partial charge is 0.00204 e. The monoisotopic (exact) mass is 428 g/mol. The Balaban J connectivity index is 1.42. The molecule has 0 heterocycles. The first-order chi connectivity index (χ1) is 16.9. The van der Waals surface area contributed by atoms with Gasteiger partial charge in [-0.1, -0.05) is 103 Å². The van der Waals surface area contributed by atoms with E-state index >= 15 is 0 Å². The summed E-state index contributed by atoms with van der Waals surface area (Å²) in [7, 11) is 0. The lowest BCUT2D eigenvalue weighted by atomic mass is 9.95. The van der Waals surface area contributed by atoms with Gasteiger partial charge in [-0.2, -0.15) is 0 Å². The predicted octanol–water partition coefficient (Wildman–Crippen LogP) is 9.21. The van der Waals surface area contributed by atoms with Crippen LogP contribution in [0.15, 0.2) is 115 Å². The van der Waals surface area contributed by atoms with Crippen LogP contribution in [0.3, 0.4) is 0 Å². The maximum atomic E-state index is 2.39. The van der Waals surface area contributed by atoms with Gasteiger partial charge in [-0.05, 0) is 95.4 Å². The molecule has 156 valence electrons. The fourth-order valence-electron chi connectivity index (χ4n) is 6.11. The quantitative estimate of drug-likeness (QED) is 0.244. The molecular formula is C34H20. The third-order valence-electron chi connectivity index (χ3n) is 7.52. The first-order valence-electron chi connectivity index (χ1n) is 11.9. The second-order valence-corrected chi connectivity index (χ2v) is 9.33. The number of fused-ring (bicyclic) bond motifs is 8. The van der Waals surface area contributed by atoms with Crippen LogP contribution in [0, 0.1) is 0 Å². The van der Waals surface area contributed by atoms with Crippen molar-refractivity contribution in [1.82, 2.24) is 0 Å². The lowest BCUT2D eigenvalue weighted by Gasteiger charge is -2.08. The molecule has 0 spiro atoms.